The predicted molar refractivity (Wildman–Crippen MR) is 72.9 cm³/mol. The van der Waals surface area contributed by atoms with Gasteiger partial charge in [0.1, 0.15) is 11.9 Å². The van der Waals surface area contributed by atoms with E-state index in [1.54, 1.807) is 18.3 Å². The molecule has 0 aliphatic carbocycles. The number of aromatic nitrogens is 1. The first-order chi connectivity index (χ1) is 9.04. The van der Waals surface area contributed by atoms with Crippen LogP contribution in [0.2, 0.25) is 5.02 Å². The molecule has 5 nitrogen and oxygen atoms in total. The number of hydrogen-bond donors (Lipinski definition) is 1. The van der Waals surface area contributed by atoms with E-state index in [-0.39, 0.29) is 24.3 Å². The Morgan fingerprint density at radius 3 is 2.95 bits per heavy atom. The molecular formula is C13H16ClN3O2. The van der Waals surface area contributed by atoms with Gasteiger partial charge in [0.15, 0.2) is 0 Å². The fourth-order valence-corrected chi connectivity index (χ4v) is 2.24. The fraction of sp³-hybridized carbons (Fsp3) is 0.462. The lowest BCUT2D eigenvalue weighted by atomic mass is 10.2. The van der Waals surface area contributed by atoms with Gasteiger partial charge >= 0.3 is 0 Å². The number of halogens is 1. The Morgan fingerprint density at radius 1 is 1.58 bits per heavy atom. The Morgan fingerprint density at radius 2 is 2.32 bits per heavy atom. The molecular weight excluding hydrogens is 266 g/mol. The number of pyridine rings is 1. The number of amides is 2. The van der Waals surface area contributed by atoms with Crippen molar-refractivity contribution in [1.82, 2.24) is 9.88 Å². The van der Waals surface area contributed by atoms with Gasteiger partial charge in [-0.25, -0.2) is 4.98 Å². The van der Waals surface area contributed by atoms with Crippen LogP contribution in [0.25, 0.3) is 0 Å². The number of hydrogen-bond acceptors (Lipinski definition) is 4. The normalized spacial score (nSPS) is 20.8. The summed E-state index contributed by atoms with van der Waals surface area (Å²) in [5.74, 6) is 0.0753. The maximum Gasteiger partial charge on any atom is 0.252 e. The second-order valence-corrected chi connectivity index (χ2v) is 5.00. The molecule has 19 heavy (non-hydrogen) atoms. The van der Waals surface area contributed by atoms with Gasteiger partial charge in [0, 0.05) is 12.2 Å². The van der Waals surface area contributed by atoms with Gasteiger partial charge < -0.3 is 5.32 Å². The van der Waals surface area contributed by atoms with Crippen molar-refractivity contribution >= 4 is 29.2 Å². The smallest absolute Gasteiger partial charge is 0.252 e. The Bertz CT molecular complexity index is 506. The van der Waals surface area contributed by atoms with Crippen LogP contribution in [-0.4, -0.2) is 33.8 Å². The molecule has 1 aromatic heterocycles. The zero-order chi connectivity index (χ0) is 14.0. The summed E-state index contributed by atoms with van der Waals surface area (Å²) in [6.45, 7) is 3.81. The van der Waals surface area contributed by atoms with Crippen LogP contribution >= 0.6 is 11.6 Å². The number of anilines is 1. The minimum Gasteiger partial charge on any atom is -0.357 e. The summed E-state index contributed by atoms with van der Waals surface area (Å²) in [6, 6.07) is 2.74. The van der Waals surface area contributed by atoms with E-state index in [1.165, 1.54) is 4.90 Å². The molecule has 0 bridgehead atoms. The van der Waals surface area contributed by atoms with Gasteiger partial charge in [0.2, 0.25) is 5.91 Å². The molecule has 2 amide bonds. The van der Waals surface area contributed by atoms with Gasteiger partial charge in [-0.05, 0) is 25.5 Å². The van der Waals surface area contributed by atoms with Gasteiger partial charge in [0.25, 0.3) is 5.91 Å². The van der Waals surface area contributed by atoms with Crippen LogP contribution < -0.4 is 5.32 Å². The Labute approximate surface area is 117 Å². The van der Waals surface area contributed by atoms with Gasteiger partial charge in [-0.15, -0.1) is 0 Å². The van der Waals surface area contributed by atoms with E-state index in [9.17, 15) is 9.59 Å². The Kier molecular flexibility index (Phi) is 4.04. The lowest BCUT2D eigenvalue weighted by Gasteiger charge is -2.21. The van der Waals surface area contributed by atoms with E-state index >= 15 is 0 Å². The number of carbonyl (C=O) groups is 2. The number of nitrogens with one attached hydrogen (secondary N) is 1. The molecule has 2 atom stereocenters. The molecule has 0 aromatic carbocycles. The van der Waals surface area contributed by atoms with E-state index in [0.29, 0.717) is 10.8 Å². The Hall–Kier alpha value is -1.62. The zero-order valence-corrected chi connectivity index (χ0v) is 11.6. The van der Waals surface area contributed by atoms with Crippen LogP contribution in [0.15, 0.2) is 18.3 Å². The number of rotatable bonds is 4. The average Bonchev–Trinajstić information content (AvgIpc) is 2.66. The third kappa shape index (κ3) is 2.71. The summed E-state index contributed by atoms with van der Waals surface area (Å²) in [7, 11) is 0. The number of carbonyl (C=O) groups excluding carboxylic acids is 2. The molecule has 2 rings (SSSR count). The largest absolute Gasteiger partial charge is 0.357 e. The van der Waals surface area contributed by atoms with Crippen LogP contribution in [0.3, 0.4) is 0 Å². The van der Waals surface area contributed by atoms with Crippen molar-refractivity contribution in [2.24, 2.45) is 0 Å². The topological polar surface area (TPSA) is 62.3 Å². The molecule has 1 aliphatic rings. The second-order valence-electron chi connectivity index (χ2n) is 4.59. The van der Waals surface area contributed by atoms with Crippen molar-refractivity contribution in [2.45, 2.75) is 38.8 Å². The highest BCUT2D eigenvalue weighted by molar-refractivity contribution is 6.33. The monoisotopic (exact) mass is 281 g/mol. The van der Waals surface area contributed by atoms with Crippen LogP contribution in [0, 0.1) is 0 Å². The molecule has 0 radical (unpaired) electrons. The molecule has 1 N–H and O–H groups in total. The highest BCUT2D eigenvalue weighted by Gasteiger charge is 2.40. The van der Waals surface area contributed by atoms with Gasteiger partial charge in [-0.3, -0.25) is 14.5 Å². The van der Waals surface area contributed by atoms with Crippen LogP contribution in [0.5, 0.6) is 0 Å². The third-order valence-electron chi connectivity index (χ3n) is 3.28. The second kappa shape index (κ2) is 5.57. The lowest BCUT2D eigenvalue weighted by molar-refractivity contribution is -0.140. The summed E-state index contributed by atoms with van der Waals surface area (Å²) in [4.78, 5) is 29.5. The van der Waals surface area contributed by atoms with Crippen molar-refractivity contribution in [3.63, 3.8) is 0 Å². The minimum absolute atomic E-state index is 0.0778. The number of nitrogens with zero attached hydrogens (tertiary/aromatic N) is 2. The molecule has 6 heteroatoms. The summed E-state index contributed by atoms with van der Waals surface area (Å²) >= 11 is 5.98. The third-order valence-corrected chi connectivity index (χ3v) is 3.59. The van der Waals surface area contributed by atoms with E-state index in [1.807, 2.05) is 13.8 Å². The van der Waals surface area contributed by atoms with E-state index in [0.717, 1.165) is 6.42 Å². The van der Waals surface area contributed by atoms with Crippen LogP contribution in [0.1, 0.15) is 26.7 Å². The summed E-state index contributed by atoms with van der Waals surface area (Å²) in [5, 5.41) is 3.38. The fourth-order valence-electron chi connectivity index (χ4n) is 2.07. The first kappa shape index (κ1) is 13.8. The predicted octanol–water partition coefficient (Wildman–Crippen LogP) is 2.07. The van der Waals surface area contributed by atoms with E-state index in [2.05, 4.69) is 10.3 Å². The van der Waals surface area contributed by atoms with Crippen molar-refractivity contribution in [2.75, 3.05) is 5.32 Å². The van der Waals surface area contributed by atoms with Crippen LogP contribution in [-0.2, 0) is 9.59 Å². The first-order valence-corrected chi connectivity index (χ1v) is 6.65. The highest BCUT2D eigenvalue weighted by Crippen LogP contribution is 2.24. The summed E-state index contributed by atoms with van der Waals surface area (Å²) in [6.07, 6.45) is 2.48. The molecule has 1 saturated heterocycles. The molecule has 1 aromatic rings. The van der Waals surface area contributed by atoms with E-state index in [4.69, 9.17) is 11.6 Å². The number of likely N-dealkylation sites (tertiary alicyclic amines) is 1. The molecule has 2 heterocycles. The minimum atomic E-state index is -0.575. The summed E-state index contributed by atoms with van der Waals surface area (Å²) < 4.78 is 0. The molecule has 0 spiro atoms. The highest BCUT2D eigenvalue weighted by atomic mass is 35.5. The molecule has 1 aliphatic heterocycles. The maximum absolute atomic E-state index is 12.2. The zero-order valence-electron chi connectivity index (χ0n) is 10.9. The van der Waals surface area contributed by atoms with Gasteiger partial charge in [-0.2, -0.15) is 0 Å². The van der Waals surface area contributed by atoms with Gasteiger partial charge in [0.05, 0.1) is 11.4 Å². The number of imide groups is 1. The lowest BCUT2D eigenvalue weighted by Crippen LogP contribution is -2.40. The van der Waals surface area contributed by atoms with Crippen molar-refractivity contribution < 1.29 is 9.59 Å². The molecule has 102 valence electrons. The van der Waals surface area contributed by atoms with Crippen LogP contribution in [0.4, 0.5) is 5.82 Å². The SMILES string of the molecule is CCC(C)N1C(=O)CC(Nc2ncccc2Cl)C1=O. The maximum atomic E-state index is 12.2. The first-order valence-electron chi connectivity index (χ1n) is 6.27. The van der Waals surface area contributed by atoms with Gasteiger partial charge in [-0.1, -0.05) is 18.5 Å². The standard InChI is InChI=1S/C13H16ClN3O2/c1-3-8(2)17-11(18)7-10(13(17)19)16-12-9(14)5-4-6-15-12/h4-6,8,10H,3,7H2,1-2H3,(H,15,16). The molecule has 2 unspecified atom stereocenters. The van der Waals surface area contributed by atoms with Crippen molar-refractivity contribution in [1.29, 1.82) is 0 Å². The van der Waals surface area contributed by atoms with Crippen molar-refractivity contribution in [3.8, 4) is 0 Å². The van der Waals surface area contributed by atoms with Crippen molar-refractivity contribution in [3.05, 3.63) is 23.4 Å². The molecule has 0 saturated carbocycles. The Balaban J connectivity index is 2.14. The van der Waals surface area contributed by atoms with E-state index < -0.39 is 6.04 Å². The summed E-state index contributed by atoms with van der Waals surface area (Å²) in [5.41, 5.74) is 0. The average molecular weight is 282 g/mol. The quantitative estimate of drug-likeness (QED) is 0.858. The molecule has 1 fully saturated rings.